The van der Waals surface area contributed by atoms with Crippen molar-refractivity contribution in [3.05, 3.63) is 83.3 Å². The monoisotopic (exact) mass is 364 g/mol. The SMILES string of the molecule is CC(C)(C)[Si](C)(C)C1=C(P(c2ccccc2)c2ccccc2)CC=C1. The Kier molecular flexibility index (Phi) is 5.18. The lowest BCUT2D eigenvalue weighted by molar-refractivity contribution is 0.726. The van der Waals surface area contributed by atoms with Gasteiger partial charge in [-0.3, -0.25) is 0 Å². The highest BCUT2D eigenvalue weighted by atomic mass is 31.1. The Balaban J connectivity index is 2.18. The maximum Gasteiger partial charge on any atom is 0.0863 e. The van der Waals surface area contributed by atoms with E-state index in [2.05, 4.69) is 107 Å². The Bertz CT molecular complexity index is 740. The first-order valence-electron chi connectivity index (χ1n) is 9.13. The Hall–Kier alpha value is -1.43. The summed E-state index contributed by atoms with van der Waals surface area (Å²) >= 11 is 0. The second kappa shape index (κ2) is 7.06. The van der Waals surface area contributed by atoms with Crippen molar-refractivity contribution in [1.29, 1.82) is 0 Å². The van der Waals surface area contributed by atoms with Crippen LogP contribution >= 0.6 is 7.92 Å². The minimum atomic E-state index is -1.55. The van der Waals surface area contributed by atoms with Crippen LogP contribution in [0.15, 0.2) is 83.3 Å². The second-order valence-electron chi connectivity index (χ2n) is 8.35. The second-order valence-corrected chi connectivity index (χ2v) is 15.9. The van der Waals surface area contributed by atoms with E-state index in [1.54, 1.807) is 10.5 Å². The van der Waals surface area contributed by atoms with Crippen molar-refractivity contribution in [2.24, 2.45) is 0 Å². The normalized spacial score (nSPS) is 15.3. The molecule has 0 radical (unpaired) electrons. The van der Waals surface area contributed by atoms with E-state index in [1.807, 2.05) is 0 Å². The highest BCUT2D eigenvalue weighted by Crippen LogP contribution is 2.53. The summed E-state index contributed by atoms with van der Waals surface area (Å²) in [6.07, 6.45) is 5.96. The summed E-state index contributed by atoms with van der Waals surface area (Å²) in [5.74, 6) is 0. The molecule has 3 rings (SSSR count). The van der Waals surface area contributed by atoms with Gasteiger partial charge in [0.05, 0.1) is 8.07 Å². The van der Waals surface area contributed by atoms with Gasteiger partial charge in [0.2, 0.25) is 0 Å². The van der Waals surface area contributed by atoms with E-state index in [0.717, 1.165) is 6.42 Å². The highest BCUT2D eigenvalue weighted by molar-refractivity contribution is 7.77. The van der Waals surface area contributed by atoms with Crippen LogP contribution in [0.25, 0.3) is 0 Å². The van der Waals surface area contributed by atoms with Crippen molar-refractivity contribution >= 4 is 26.6 Å². The smallest absolute Gasteiger partial charge is 0.0802 e. The predicted molar refractivity (Wildman–Crippen MR) is 117 cm³/mol. The molecule has 0 aromatic heterocycles. The quantitative estimate of drug-likeness (QED) is 0.436. The van der Waals surface area contributed by atoms with Crippen molar-refractivity contribution in [2.45, 2.75) is 45.3 Å². The number of rotatable bonds is 4. The van der Waals surface area contributed by atoms with Gasteiger partial charge in [-0.1, -0.05) is 112 Å². The zero-order valence-corrected chi connectivity index (χ0v) is 18.0. The molecule has 0 bridgehead atoms. The van der Waals surface area contributed by atoms with E-state index in [0.29, 0.717) is 5.04 Å². The minimum Gasteiger partial charge on any atom is -0.0802 e. The van der Waals surface area contributed by atoms with Crippen molar-refractivity contribution in [3.63, 3.8) is 0 Å². The van der Waals surface area contributed by atoms with Gasteiger partial charge in [-0.15, -0.1) is 0 Å². The Labute approximate surface area is 155 Å². The van der Waals surface area contributed by atoms with Crippen molar-refractivity contribution in [2.75, 3.05) is 0 Å². The van der Waals surface area contributed by atoms with Gasteiger partial charge in [0.25, 0.3) is 0 Å². The third-order valence-corrected chi connectivity index (χ3v) is 14.1. The fourth-order valence-electron chi connectivity index (χ4n) is 3.29. The Morgan fingerprint density at radius 1 is 0.800 bits per heavy atom. The number of hydrogen-bond acceptors (Lipinski definition) is 0. The topological polar surface area (TPSA) is 0 Å². The lowest BCUT2D eigenvalue weighted by Crippen LogP contribution is -2.39. The first kappa shape index (κ1) is 18.4. The van der Waals surface area contributed by atoms with E-state index in [1.165, 1.54) is 10.6 Å². The molecule has 0 spiro atoms. The van der Waals surface area contributed by atoms with Crippen LogP contribution in [0.2, 0.25) is 18.1 Å². The summed E-state index contributed by atoms with van der Waals surface area (Å²) in [6.45, 7) is 12.3. The molecule has 2 heteroatoms. The van der Waals surface area contributed by atoms with Crippen molar-refractivity contribution in [3.8, 4) is 0 Å². The molecule has 0 aliphatic heterocycles. The summed E-state index contributed by atoms with van der Waals surface area (Å²) in [4.78, 5) is 0. The van der Waals surface area contributed by atoms with E-state index < -0.39 is 16.0 Å². The van der Waals surface area contributed by atoms with Crippen LogP contribution in [0, 0.1) is 0 Å². The Morgan fingerprint density at radius 3 is 1.72 bits per heavy atom. The van der Waals surface area contributed by atoms with Gasteiger partial charge in [-0.05, 0) is 35.3 Å². The van der Waals surface area contributed by atoms with Crippen LogP contribution in [0.3, 0.4) is 0 Å². The van der Waals surface area contributed by atoms with Gasteiger partial charge in [0.1, 0.15) is 0 Å². The van der Waals surface area contributed by atoms with Crippen molar-refractivity contribution < 1.29 is 0 Å². The first-order valence-corrected chi connectivity index (χ1v) is 13.5. The molecular weight excluding hydrogens is 335 g/mol. The van der Waals surface area contributed by atoms with E-state index in [9.17, 15) is 0 Å². The minimum absolute atomic E-state index is 0.358. The summed E-state index contributed by atoms with van der Waals surface area (Å²) in [7, 11) is -2.01. The maximum atomic E-state index is 2.54. The van der Waals surface area contributed by atoms with Crippen LogP contribution in [-0.4, -0.2) is 8.07 Å². The summed E-state index contributed by atoms with van der Waals surface area (Å²) in [5, 5.41) is 6.66. The number of hydrogen-bond donors (Lipinski definition) is 0. The van der Waals surface area contributed by atoms with Gasteiger partial charge >= 0.3 is 0 Å². The van der Waals surface area contributed by atoms with E-state index >= 15 is 0 Å². The van der Waals surface area contributed by atoms with Gasteiger partial charge in [0.15, 0.2) is 0 Å². The zero-order valence-electron chi connectivity index (χ0n) is 16.1. The van der Waals surface area contributed by atoms with Crippen LogP contribution in [0.4, 0.5) is 0 Å². The van der Waals surface area contributed by atoms with Crippen LogP contribution in [-0.2, 0) is 0 Å². The zero-order chi connectivity index (χ0) is 18.1. The largest absolute Gasteiger partial charge is 0.0863 e. The summed E-state index contributed by atoms with van der Waals surface area (Å²) < 4.78 is 0. The van der Waals surface area contributed by atoms with Gasteiger partial charge < -0.3 is 0 Å². The van der Waals surface area contributed by atoms with Gasteiger partial charge in [-0.2, -0.15) is 0 Å². The highest BCUT2D eigenvalue weighted by Gasteiger charge is 2.41. The molecule has 2 aromatic rings. The molecule has 1 aliphatic rings. The predicted octanol–water partition coefficient (Wildman–Crippen LogP) is 6.38. The molecule has 0 atom stereocenters. The standard InChI is InChI=1S/C23H29PSi/c1-23(2,3)25(4,5)22-18-12-17-21(22)24(19-13-8-6-9-14-19)20-15-10-7-11-16-20/h6-16,18H,17H2,1-5H3. The molecule has 0 fully saturated rings. The number of allylic oxidation sites excluding steroid dienone is 4. The maximum absolute atomic E-state index is 2.54. The summed E-state index contributed by atoms with van der Waals surface area (Å²) in [5.41, 5.74) is 0. The molecule has 0 heterocycles. The molecule has 0 N–H and O–H groups in total. The van der Waals surface area contributed by atoms with E-state index in [4.69, 9.17) is 0 Å². The number of benzene rings is 2. The average Bonchev–Trinajstić information content (AvgIpc) is 3.06. The van der Waals surface area contributed by atoms with Crippen LogP contribution in [0.5, 0.6) is 0 Å². The molecule has 0 saturated heterocycles. The lowest BCUT2D eigenvalue weighted by atomic mass is 10.2. The Morgan fingerprint density at radius 2 is 1.28 bits per heavy atom. The fraction of sp³-hybridized carbons (Fsp3) is 0.304. The molecule has 25 heavy (non-hydrogen) atoms. The molecule has 0 nitrogen and oxygen atoms in total. The lowest BCUT2D eigenvalue weighted by Gasteiger charge is -2.39. The fourth-order valence-corrected chi connectivity index (χ4v) is 9.10. The molecule has 2 aromatic carbocycles. The molecule has 0 unspecified atom stereocenters. The van der Waals surface area contributed by atoms with E-state index in [-0.39, 0.29) is 0 Å². The van der Waals surface area contributed by atoms with Crippen molar-refractivity contribution in [1.82, 2.24) is 0 Å². The summed E-state index contributed by atoms with van der Waals surface area (Å²) in [6, 6.07) is 22.2. The molecular formula is C23H29PSi. The molecule has 1 aliphatic carbocycles. The third-order valence-electron chi connectivity index (χ3n) is 5.75. The van der Waals surface area contributed by atoms with Gasteiger partial charge in [-0.25, -0.2) is 0 Å². The van der Waals surface area contributed by atoms with Crippen LogP contribution in [0.1, 0.15) is 27.2 Å². The average molecular weight is 365 g/mol. The molecule has 0 saturated carbocycles. The van der Waals surface area contributed by atoms with Gasteiger partial charge in [0, 0.05) is 0 Å². The molecule has 0 amide bonds. The van der Waals surface area contributed by atoms with Crippen LogP contribution < -0.4 is 10.6 Å². The first-order chi connectivity index (χ1) is 11.8. The third kappa shape index (κ3) is 3.59. The molecule has 130 valence electrons.